The Morgan fingerprint density at radius 2 is 1.14 bits per heavy atom. The van der Waals surface area contributed by atoms with Crippen molar-refractivity contribution in [2.45, 2.75) is 77.5 Å². The molecule has 0 radical (unpaired) electrons. The number of hydrogen-bond donors (Lipinski definition) is 4. The highest BCUT2D eigenvalue weighted by molar-refractivity contribution is 6.05. The van der Waals surface area contributed by atoms with Crippen LogP contribution in [-0.4, -0.2) is 108 Å². The van der Waals surface area contributed by atoms with Crippen molar-refractivity contribution in [1.29, 1.82) is 0 Å². The second-order valence-corrected chi connectivity index (χ2v) is 15.0. The van der Waals surface area contributed by atoms with Crippen LogP contribution in [0, 0.1) is 11.8 Å². The number of carbonyl (C=O) groups excluding carboxylic acids is 4. The molecule has 17 nitrogen and oxygen atoms in total. The summed E-state index contributed by atoms with van der Waals surface area (Å²) in [6, 6.07) is 1.88. The molecule has 2 aliphatic heterocycles. The minimum absolute atomic E-state index is 0.129. The Labute approximate surface area is 323 Å². The molecular formula is C39H47N11O6. The minimum Gasteiger partial charge on any atom is -0.453 e. The van der Waals surface area contributed by atoms with Crippen molar-refractivity contribution < 1.29 is 28.7 Å². The number of alkyl carbamates (subject to hydrolysis) is 2. The van der Waals surface area contributed by atoms with Crippen LogP contribution in [-0.2, 0) is 19.1 Å². The zero-order chi connectivity index (χ0) is 39.7. The van der Waals surface area contributed by atoms with Crippen molar-refractivity contribution in [3.63, 3.8) is 0 Å². The molecule has 2 fully saturated rings. The summed E-state index contributed by atoms with van der Waals surface area (Å²) in [5.74, 6) is 0.711. The molecule has 2 saturated heterocycles. The number of likely N-dealkylation sites (tertiary alicyclic amines) is 2. The SMILES string of the molecule is COC(=O)N[C@H](C(=O)N1CCC[C@H]1c1ncc(-c2cc3cnc4cc(-c5cnc([C@@H]6CCCN6C(=O)[C@@H](NC(=O)OC)C(C)C)[nH]5)ncc4c3cn2)[nH]1)C(C)C. The van der Waals surface area contributed by atoms with Crippen LogP contribution in [0.25, 0.3) is 44.5 Å². The second kappa shape index (κ2) is 15.9. The monoisotopic (exact) mass is 765 g/mol. The van der Waals surface area contributed by atoms with Gasteiger partial charge < -0.3 is 39.9 Å². The maximum Gasteiger partial charge on any atom is 0.407 e. The Morgan fingerprint density at radius 3 is 1.62 bits per heavy atom. The van der Waals surface area contributed by atoms with Crippen molar-refractivity contribution in [1.82, 2.24) is 55.3 Å². The van der Waals surface area contributed by atoms with Gasteiger partial charge in [-0.25, -0.2) is 19.6 Å². The summed E-state index contributed by atoms with van der Waals surface area (Å²) in [6.07, 6.45) is 10.6. The molecule has 5 aromatic heterocycles. The summed E-state index contributed by atoms with van der Waals surface area (Å²) in [7, 11) is 2.56. The highest BCUT2D eigenvalue weighted by Crippen LogP contribution is 2.35. The molecule has 7 heterocycles. The van der Waals surface area contributed by atoms with Crippen molar-refractivity contribution in [3.8, 4) is 22.8 Å². The summed E-state index contributed by atoms with van der Waals surface area (Å²) in [5, 5.41) is 7.95. The quantitative estimate of drug-likeness (QED) is 0.138. The van der Waals surface area contributed by atoms with Crippen molar-refractivity contribution in [2.75, 3.05) is 27.3 Å². The second-order valence-electron chi connectivity index (χ2n) is 15.0. The Morgan fingerprint density at radius 1 is 0.661 bits per heavy atom. The van der Waals surface area contributed by atoms with Gasteiger partial charge in [0, 0.05) is 47.8 Å². The number of carbonyl (C=O) groups is 4. The van der Waals surface area contributed by atoms with Crippen LogP contribution in [0.3, 0.4) is 0 Å². The smallest absolute Gasteiger partial charge is 0.407 e. The van der Waals surface area contributed by atoms with E-state index in [1.165, 1.54) is 14.2 Å². The number of amides is 4. The number of fused-ring (bicyclic) bond motifs is 3. The Bertz CT molecular complexity index is 2110. The van der Waals surface area contributed by atoms with Crippen LogP contribution < -0.4 is 10.6 Å². The van der Waals surface area contributed by atoms with Crippen LogP contribution in [0.4, 0.5) is 9.59 Å². The molecule has 4 atom stereocenters. The summed E-state index contributed by atoms with van der Waals surface area (Å²) < 4.78 is 9.51. The van der Waals surface area contributed by atoms with Gasteiger partial charge in [0.2, 0.25) is 11.8 Å². The highest BCUT2D eigenvalue weighted by atomic mass is 16.5. The van der Waals surface area contributed by atoms with E-state index in [1.54, 1.807) is 40.8 Å². The van der Waals surface area contributed by atoms with Gasteiger partial charge in [0.15, 0.2) is 0 Å². The molecule has 0 saturated carbocycles. The topological polar surface area (TPSA) is 213 Å². The fraction of sp³-hybridized carbons (Fsp3) is 0.462. The average Bonchev–Trinajstić information content (AvgIpc) is 4.04. The normalized spacial score (nSPS) is 18.1. The number of aromatic amines is 2. The first-order valence-electron chi connectivity index (χ1n) is 18.9. The van der Waals surface area contributed by atoms with E-state index < -0.39 is 24.3 Å². The van der Waals surface area contributed by atoms with E-state index in [4.69, 9.17) is 24.4 Å². The summed E-state index contributed by atoms with van der Waals surface area (Å²) >= 11 is 0. The maximum absolute atomic E-state index is 13.6. The molecule has 17 heteroatoms. The first-order valence-corrected chi connectivity index (χ1v) is 18.9. The zero-order valence-electron chi connectivity index (χ0n) is 32.3. The Balaban J connectivity index is 1.08. The zero-order valence-corrected chi connectivity index (χ0v) is 32.3. The number of rotatable bonds is 10. The van der Waals surface area contributed by atoms with E-state index in [9.17, 15) is 19.2 Å². The fourth-order valence-corrected chi connectivity index (χ4v) is 7.65. The van der Waals surface area contributed by atoms with Gasteiger partial charge in [-0.15, -0.1) is 0 Å². The fourth-order valence-electron chi connectivity index (χ4n) is 7.65. The molecule has 0 spiro atoms. The number of aromatic nitrogens is 7. The molecule has 294 valence electrons. The van der Waals surface area contributed by atoms with Gasteiger partial charge in [0.05, 0.1) is 67.0 Å². The van der Waals surface area contributed by atoms with E-state index in [1.807, 2.05) is 39.8 Å². The molecule has 0 unspecified atom stereocenters. The number of hydrogen-bond acceptors (Lipinski definition) is 11. The van der Waals surface area contributed by atoms with Gasteiger partial charge in [0.25, 0.3) is 0 Å². The van der Waals surface area contributed by atoms with Gasteiger partial charge in [-0.3, -0.25) is 24.5 Å². The van der Waals surface area contributed by atoms with E-state index in [2.05, 4.69) is 30.6 Å². The number of imidazole rings is 2. The molecule has 0 aliphatic carbocycles. The molecule has 2 aliphatic rings. The maximum atomic E-state index is 13.6. The van der Waals surface area contributed by atoms with Crippen LogP contribution in [0.2, 0.25) is 0 Å². The number of nitrogens with zero attached hydrogens (tertiary/aromatic N) is 7. The van der Waals surface area contributed by atoms with Crippen LogP contribution in [0.1, 0.15) is 77.1 Å². The van der Waals surface area contributed by atoms with Gasteiger partial charge in [-0.05, 0) is 49.7 Å². The molecule has 7 rings (SSSR count). The van der Waals surface area contributed by atoms with Crippen molar-refractivity contribution in [3.05, 3.63) is 54.8 Å². The van der Waals surface area contributed by atoms with Gasteiger partial charge in [-0.2, -0.15) is 0 Å². The number of methoxy groups -OCH3 is 2. The minimum atomic E-state index is -0.718. The largest absolute Gasteiger partial charge is 0.453 e. The van der Waals surface area contributed by atoms with Gasteiger partial charge in [0.1, 0.15) is 23.7 Å². The third kappa shape index (κ3) is 7.44. The molecule has 56 heavy (non-hydrogen) atoms. The number of nitrogens with one attached hydrogen (secondary N) is 4. The van der Waals surface area contributed by atoms with Crippen molar-refractivity contribution in [2.24, 2.45) is 11.8 Å². The number of H-pyrrole nitrogens is 2. The Kier molecular flexibility index (Phi) is 10.8. The summed E-state index contributed by atoms with van der Waals surface area (Å²) in [6.45, 7) is 8.66. The predicted octanol–water partition coefficient (Wildman–Crippen LogP) is 5.05. The molecule has 0 bridgehead atoms. The molecule has 4 amide bonds. The third-order valence-electron chi connectivity index (χ3n) is 10.7. The van der Waals surface area contributed by atoms with Gasteiger partial charge >= 0.3 is 12.2 Å². The van der Waals surface area contributed by atoms with E-state index >= 15 is 0 Å². The highest BCUT2D eigenvalue weighted by Gasteiger charge is 2.39. The standard InChI is InChI=1S/C39H47N11O6/c1-20(2)32(47-38(53)55-5)36(51)49-11-7-9-30(49)34-43-18-28(45-34)26-13-22-15-40-25-14-27(42-17-24(25)23(22)16-41-26)29-19-44-35(46-29)31-10-8-12-50(31)37(52)33(21(3)4)48-39(54)56-6/h13-21,30-33H,7-12H2,1-6H3,(H,43,45)(H,44,46)(H,47,53)(H,48,54)/t30-,31-,32-,33-/m0/s1. The van der Waals surface area contributed by atoms with Crippen LogP contribution in [0.15, 0.2) is 43.1 Å². The number of pyridine rings is 3. The first kappa shape index (κ1) is 38.2. The lowest BCUT2D eigenvalue weighted by Gasteiger charge is -2.30. The van der Waals surface area contributed by atoms with Crippen molar-refractivity contribution >= 4 is 45.7 Å². The van der Waals surface area contributed by atoms with Crippen LogP contribution >= 0.6 is 0 Å². The summed E-state index contributed by atoms with van der Waals surface area (Å²) in [5.41, 5.74) is 3.47. The molecule has 0 aromatic carbocycles. The van der Waals surface area contributed by atoms with Crippen LogP contribution in [0.5, 0.6) is 0 Å². The van der Waals surface area contributed by atoms with Gasteiger partial charge in [-0.1, -0.05) is 27.7 Å². The first-order chi connectivity index (χ1) is 27.0. The third-order valence-corrected chi connectivity index (χ3v) is 10.7. The lowest BCUT2D eigenvalue weighted by atomic mass is 10.0. The van der Waals surface area contributed by atoms with E-state index in [0.29, 0.717) is 47.5 Å². The molecule has 5 aromatic rings. The van der Waals surface area contributed by atoms with E-state index in [0.717, 1.165) is 47.4 Å². The number of ether oxygens (including phenoxy) is 2. The van der Waals surface area contributed by atoms with E-state index in [-0.39, 0.29) is 35.7 Å². The predicted molar refractivity (Wildman–Crippen MR) is 206 cm³/mol. The molecule has 4 N–H and O–H groups in total. The molecular weight excluding hydrogens is 718 g/mol. The Hall–Kier alpha value is -6.13. The summed E-state index contributed by atoms with van der Waals surface area (Å²) in [4.78, 5) is 85.0. The lowest BCUT2D eigenvalue weighted by Crippen LogP contribution is -2.51. The average molecular weight is 766 g/mol. The lowest BCUT2D eigenvalue weighted by molar-refractivity contribution is -0.136.